The van der Waals surface area contributed by atoms with Crippen LogP contribution in [0.5, 0.6) is 0 Å². The van der Waals surface area contributed by atoms with Crippen molar-refractivity contribution in [2.75, 3.05) is 40.9 Å². The van der Waals surface area contributed by atoms with Crippen LogP contribution >= 0.6 is 11.6 Å². The van der Waals surface area contributed by atoms with Gasteiger partial charge in [-0.3, -0.25) is 4.98 Å². The first-order valence-corrected chi connectivity index (χ1v) is 13.0. The molecule has 202 valence electrons. The van der Waals surface area contributed by atoms with Gasteiger partial charge >= 0.3 is 6.18 Å². The van der Waals surface area contributed by atoms with Gasteiger partial charge in [-0.05, 0) is 44.4 Å². The molecule has 2 atom stereocenters. The number of anilines is 3. The van der Waals surface area contributed by atoms with Crippen molar-refractivity contribution in [2.24, 2.45) is 0 Å². The Kier molecular flexibility index (Phi) is 7.32. The van der Waals surface area contributed by atoms with Crippen LogP contribution < -0.4 is 14.7 Å². The fourth-order valence-corrected chi connectivity index (χ4v) is 5.34. The van der Waals surface area contributed by atoms with Crippen LogP contribution in [0.4, 0.5) is 30.8 Å². The van der Waals surface area contributed by atoms with Crippen molar-refractivity contribution in [1.82, 2.24) is 19.9 Å². The monoisotopic (exact) mass is 547 g/mol. The Bertz CT molecular complexity index is 1310. The summed E-state index contributed by atoms with van der Waals surface area (Å²) in [5, 5.41) is 9.82. The summed E-state index contributed by atoms with van der Waals surface area (Å²) >= 11 is 6.20. The number of aliphatic hydroxyl groups is 1. The highest BCUT2D eigenvalue weighted by Gasteiger charge is 2.38. The highest BCUT2D eigenvalue weighted by molar-refractivity contribution is 6.30. The zero-order valence-electron chi connectivity index (χ0n) is 21.2. The van der Waals surface area contributed by atoms with E-state index in [1.165, 1.54) is 6.20 Å². The van der Waals surface area contributed by atoms with Crippen molar-refractivity contribution in [1.29, 1.82) is 0 Å². The van der Waals surface area contributed by atoms with E-state index in [9.17, 15) is 18.3 Å². The molecule has 5 rings (SSSR count). The first-order valence-electron chi connectivity index (χ1n) is 12.6. The van der Waals surface area contributed by atoms with E-state index in [-0.39, 0.29) is 17.4 Å². The lowest BCUT2D eigenvalue weighted by molar-refractivity contribution is -0.137. The summed E-state index contributed by atoms with van der Waals surface area (Å²) in [6.45, 7) is 5.56. The zero-order chi connectivity index (χ0) is 27.0. The molecule has 3 aromatic rings. The van der Waals surface area contributed by atoms with Gasteiger partial charge in [0.1, 0.15) is 11.6 Å². The lowest BCUT2D eigenvalue weighted by Crippen LogP contribution is -2.53. The molecule has 0 bridgehead atoms. The van der Waals surface area contributed by atoms with E-state index in [0.717, 1.165) is 31.0 Å². The Balaban J connectivity index is 1.47. The van der Waals surface area contributed by atoms with E-state index >= 15 is 0 Å². The fourth-order valence-electron chi connectivity index (χ4n) is 5.17. The molecule has 1 N–H and O–H groups in total. The number of pyridine rings is 2. The van der Waals surface area contributed by atoms with Gasteiger partial charge in [-0.15, -0.1) is 0 Å². The van der Waals surface area contributed by atoms with Crippen molar-refractivity contribution in [3.8, 4) is 11.3 Å². The largest absolute Gasteiger partial charge is 0.419 e. The van der Waals surface area contributed by atoms with Crippen LogP contribution in [0.15, 0.2) is 36.8 Å². The standard InChI is InChI=1S/C26H29ClF3N7O/c1-16-4-3-5-37(16)25-33-22(19-9-20(27)13-31-12-19)10-23(34-25)36-7-6-35(14-17(36)2)24-21(26(28,29)30)8-18(15-38)11-32-24/h8-13,16-17,38H,3-7,14-15H2,1-2H3. The van der Waals surface area contributed by atoms with Crippen LogP contribution in [0.3, 0.4) is 0 Å². The third-order valence-corrected chi connectivity index (χ3v) is 7.35. The number of halogens is 4. The molecule has 2 unspecified atom stereocenters. The van der Waals surface area contributed by atoms with Crippen LogP contribution in [0.1, 0.15) is 37.8 Å². The molecule has 0 aromatic carbocycles. The predicted molar refractivity (Wildman–Crippen MR) is 140 cm³/mol. The Hall–Kier alpha value is -3.18. The summed E-state index contributed by atoms with van der Waals surface area (Å²) in [7, 11) is 0. The maximum atomic E-state index is 13.8. The van der Waals surface area contributed by atoms with Crippen LogP contribution in [-0.4, -0.2) is 63.3 Å². The van der Waals surface area contributed by atoms with Gasteiger partial charge in [0, 0.05) is 68.5 Å². The number of nitrogens with zero attached hydrogens (tertiary/aromatic N) is 7. The molecule has 2 fully saturated rings. The van der Waals surface area contributed by atoms with Crippen LogP contribution in [0, 0.1) is 0 Å². The minimum absolute atomic E-state index is 0.124. The molecule has 8 nitrogen and oxygen atoms in total. The lowest BCUT2D eigenvalue weighted by Gasteiger charge is -2.42. The second-order valence-corrected chi connectivity index (χ2v) is 10.3. The molecule has 0 aliphatic carbocycles. The third kappa shape index (κ3) is 5.35. The molecule has 0 saturated carbocycles. The summed E-state index contributed by atoms with van der Waals surface area (Å²) in [4.78, 5) is 24.0. The minimum Gasteiger partial charge on any atom is -0.392 e. The molecule has 3 aromatic heterocycles. The summed E-state index contributed by atoms with van der Waals surface area (Å²) < 4.78 is 41.5. The maximum absolute atomic E-state index is 13.8. The summed E-state index contributed by atoms with van der Waals surface area (Å²) in [6.07, 6.45) is 2.09. The lowest BCUT2D eigenvalue weighted by atomic mass is 10.1. The molecular weight excluding hydrogens is 519 g/mol. The van der Waals surface area contributed by atoms with E-state index in [1.54, 1.807) is 23.4 Å². The van der Waals surface area contributed by atoms with E-state index in [4.69, 9.17) is 21.6 Å². The Morgan fingerprint density at radius 2 is 1.82 bits per heavy atom. The van der Waals surface area contributed by atoms with Crippen LogP contribution in [-0.2, 0) is 12.8 Å². The molecule has 2 saturated heterocycles. The number of piperazine rings is 1. The molecule has 5 heterocycles. The molecule has 2 aliphatic heterocycles. The van der Waals surface area contributed by atoms with Crippen LogP contribution in [0.2, 0.25) is 5.02 Å². The number of aliphatic hydroxyl groups excluding tert-OH is 1. The predicted octanol–water partition coefficient (Wildman–Crippen LogP) is 4.80. The molecule has 2 aliphatic rings. The molecular formula is C26H29ClF3N7O. The summed E-state index contributed by atoms with van der Waals surface area (Å²) in [5.41, 5.74) is 0.742. The molecule has 38 heavy (non-hydrogen) atoms. The highest BCUT2D eigenvalue weighted by Crippen LogP contribution is 2.37. The average Bonchev–Trinajstić information content (AvgIpc) is 3.33. The van der Waals surface area contributed by atoms with Crippen molar-refractivity contribution >= 4 is 29.2 Å². The van der Waals surface area contributed by atoms with Gasteiger partial charge in [0.25, 0.3) is 0 Å². The average molecular weight is 548 g/mol. The van der Waals surface area contributed by atoms with E-state index in [1.807, 2.05) is 13.0 Å². The minimum atomic E-state index is -4.58. The highest BCUT2D eigenvalue weighted by atomic mass is 35.5. The molecule has 12 heteroatoms. The van der Waals surface area contributed by atoms with Gasteiger partial charge in [0.2, 0.25) is 5.95 Å². The topological polar surface area (TPSA) is 81.5 Å². The number of hydrogen-bond donors (Lipinski definition) is 1. The van der Waals surface area contributed by atoms with Crippen molar-refractivity contribution in [3.05, 3.63) is 52.9 Å². The first-order chi connectivity index (χ1) is 18.1. The van der Waals surface area contributed by atoms with E-state index in [0.29, 0.717) is 48.2 Å². The number of rotatable bonds is 5. The van der Waals surface area contributed by atoms with Gasteiger partial charge in [-0.2, -0.15) is 18.2 Å². The smallest absolute Gasteiger partial charge is 0.392 e. The summed E-state index contributed by atoms with van der Waals surface area (Å²) in [5.74, 6) is 1.20. The van der Waals surface area contributed by atoms with Gasteiger partial charge in [0.05, 0.1) is 22.9 Å². The molecule has 0 radical (unpaired) electrons. The second-order valence-electron chi connectivity index (χ2n) is 9.85. The number of alkyl halides is 3. The summed E-state index contributed by atoms with van der Waals surface area (Å²) in [6, 6.07) is 4.81. The van der Waals surface area contributed by atoms with Gasteiger partial charge in [-0.1, -0.05) is 11.6 Å². The zero-order valence-corrected chi connectivity index (χ0v) is 21.9. The Morgan fingerprint density at radius 3 is 2.47 bits per heavy atom. The van der Waals surface area contributed by atoms with E-state index in [2.05, 4.69) is 26.7 Å². The van der Waals surface area contributed by atoms with Crippen molar-refractivity contribution < 1.29 is 18.3 Å². The van der Waals surface area contributed by atoms with E-state index < -0.39 is 18.3 Å². The Morgan fingerprint density at radius 1 is 1.00 bits per heavy atom. The number of aromatic nitrogens is 4. The van der Waals surface area contributed by atoms with Crippen molar-refractivity contribution in [3.63, 3.8) is 0 Å². The third-order valence-electron chi connectivity index (χ3n) is 7.14. The second kappa shape index (κ2) is 10.5. The van der Waals surface area contributed by atoms with Gasteiger partial charge in [-0.25, -0.2) is 9.97 Å². The molecule has 0 amide bonds. The first kappa shape index (κ1) is 26.4. The fraction of sp³-hybridized carbons (Fsp3) is 0.462. The Labute approximate surface area is 224 Å². The normalized spacial score (nSPS) is 20.3. The van der Waals surface area contributed by atoms with Gasteiger partial charge in [0.15, 0.2) is 0 Å². The number of hydrogen-bond acceptors (Lipinski definition) is 8. The van der Waals surface area contributed by atoms with Crippen molar-refractivity contribution in [2.45, 2.75) is 51.6 Å². The van der Waals surface area contributed by atoms with Gasteiger partial charge < -0.3 is 19.8 Å². The quantitative estimate of drug-likeness (QED) is 0.488. The molecule has 0 spiro atoms. The SMILES string of the molecule is CC1CN(c2ncc(CO)cc2C(F)(F)F)CCN1c1cc(-c2cncc(Cl)c2)nc(N2CCCC2C)n1. The van der Waals surface area contributed by atoms with Crippen LogP contribution in [0.25, 0.3) is 11.3 Å². The maximum Gasteiger partial charge on any atom is 0.419 e.